The van der Waals surface area contributed by atoms with Crippen LogP contribution in [0.15, 0.2) is 30.3 Å². The molecule has 2 rings (SSSR count). The van der Waals surface area contributed by atoms with Crippen LogP contribution in [0.25, 0.3) is 0 Å². The van der Waals surface area contributed by atoms with Crippen molar-refractivity contribution in [1.29, 1.82) is 0 Å². The van der Waals surface area contributed by atoms with E-state index in [9.17, 15) is 8.42 Å². The largest absolute Gasteiger partial charge is 0.378 e. The van der Waals surface area contributed by atoms with Crippen LogP contribution in [0, 0.1) is 5.92 Å². The van der Waals surface area contributed by atoms with Gasteiger partial charge in [-0.05, 0) is 31.9 Å². The highest BCUT2D eigenvalue weighted by Crippen LogP contribution is 2.33. The van der Waals surface area contributed by atoms with Gasteiger partial charge < -0.3 is 10.5 Å². The van der Waals surface area contributed by atoms with Crippen molar-refractivity contribution in [2.75, 3.05) is 32.0 Å². The third kappa shape index (κ3) is 5.43. The molecule has 1 aromatic rings. The summed E-state index contributed by atoms with van der Waals surface area (Å²) in [6.45, 7) is 5.54. The Morgan fingerprint density at radius 3 is 2.48 bits per heavy atom. The van der Waals surface area contributed by atoms with Crippen LogP contribution in [0.2, 0.25) is 0 Å². The zero-order valence-electron chi connectivity index (χ0n) is 13.7. The van der Waals surface area contributed by atoms with Gasteiger partial charge in [-0.1, -0.05) is 30.3 Å². The maximum atomic E-state index is 12.5. The summed E-state index contributed by atoms with van der Waals surface area (Å²) >= 11 is 0. The minimum atomic E-state index is -3.29. The molecule has 0 aromatic heterocycles. The second kappa shape index (κ2) is 8.99. The first kappa shape index (κ1) is 20.4. The molecule has 1 heterocycles. The first-order valence-corrected chi connectivity index (χ1v) is 9.39. The van der Waals surface area contributed by atoms with E-state index in [1.165, 1.54) is 0 Å². The Hall–Kier alpha value is -0.660. The van der Waals surface area contributed by atoms with E-state index >= 15 is 0 Å². The Labute approximate surface area is 145 Å². The van der Waals surface area contributed by atoms with E-state index in [0.29, 0.717) is 19.6 Å². The van der Waals surface area contributed by atoms with Crippen molar-refractivity contribution >= 4 is 22.4 Å². The number of nitrogens with two attached hydrogens (primary N) is 1. The van der Waals surface area contributed by atoms with Crippen LogP contribution in [0.5, 0.6) is 0 Å². The van der Waals surface area contributed by atoms with Crippen molar-refractivity contribution in [2.24, 2.45) is 11.7 Å². The molecule has 0 unspecified atom stereocenters. The fraction of sp³-hybridized carbons (Fsp3) is 0.625. The Bertz CT molecular complexity index is 566. The van der Waals surface area contributed by atoms with Crippen LogP contribution < -0.4 is 5.73 Å². The fourth-order valence-corrected chi connectivity index (χ4v) is 4.27. The van der Waals surface area contributed by atoms with Gasteiger partial charge in [0.05, 0.1) is 18.5 Å². The van der Waals surface area contributed by atoms with Crippen LogP contribution >= 0.6 is 12.4 Å². The van der Waals surface area contributed by atoms with Crippen LogP contribution in [-0.2, 0) is 14.8 Å². The van der Waals surface area contributed by atoms with Crippen LogP contribution in [0.3, 0.4) is 0 Å². The summed E-state index contributed by atoms with van der Waals surface area (Å²) in [7, 11) is -3.29. The normalized spacial score (nSPS) is 22.3. The fourth-order valence-electron chi connectivity index (χ4n) is 2.89. The molecular formula is C16H27ClN2O3S. The lowest BCUT2D eigenvalue weighted by Gasteiger charge is -2.17. The number of halogens is 1. The first-order chi connectivity index (χ1) is 10.4. The van der Waals surface area contributed by atoms with Crippen molar-refractivity contribution in [1.82, 2.24) is 4.31 Å². The molecule has 1 aliphatic heterocycles. The topological polar surface area (TPSA) is 72.6 Å². The molecule has 1 aromatic carbocycles. The minimum absolute atomic E-state index is 0. The molecule has 5 nitrogen and oxygen atoms in total. The van der Waals surface area contributed by atoms with Gasteiger partial charge in [0, 0.05) is 19.0 Å². The number of benzene rings is 1. The van der Waals surface area contributed by atoms with E-state index in [1.54, 1.807) is 4.31 Å². The van der Waals surface area contributed by atoms with E-state index in [4.69, 9.17) is 10.5 Å². The molecule has 0 radical (unpaired) electrons. The number of ether oxygens (including phenoxy) is 1. The highest BCUT2D eigenvalue weighted by Gasteiger charge is 2.38. The molecule has 0 aliphatic carbocycles. The summed E-state index contributed by atoms with van der Waals surface area (Å²) in [6, 6.07) is 10.0. The van der Waals surface area contributed by atoms with E-state index in [0.717, 1.165) is 5.56 Å². The van der Waals surface area contributed by atoms with Crippen molar-refractivity contribution in [2.45, 2.75) is 25.9 Å². The summed E-state index contributed by atoms with van der Waals surface area (Å²) in [5.41, 5.74) is 7.02. The van der Waals surface area contributed by atoms with E-state index in [1.807, 2.05) is 44.2 Å². The zero-order chi connectivity index (χ0) is 16.2. The smallest absolute Gasteiger partial charge is 0.216 e. The Morgan fingerprint density at radius 1 is 1.26 bits per heavy atom. The molecule has 0 bridgehead atoms. The van der Waals surface area contributed by atoms with Gasteiger partial charge in [0.1, 0.15) is 0 Å². The molecule has 0 spiro atoms. The average molecular weight is 363 g/mol. The number of sulfonamides is 1. The van der Waals surface area contributed by atoms with Gasteiger partial charge in [0.2, 0.25) is 10.0 Å². The molecule has 23 heavy (non-hydrogen) atoms. The maximum Gasteiger partial charge on any atom is 0.216 e. The molecule has 0 saturated carbocycles. The van der Waals surface area contributed by atoms with Crippen LogP contribution in [0.1, 0.15) is 25.3 Å². The van der Waals surface area contributed by atoms with E-state index in [-0.39, 0.29) is 42.7 Å². The number of nitrogens with zero attached hydrogens (tertiary/aromatic N) is 1. The molecule has 1 aliphatic rings. The van der Waals surface area contributed by atoms with Crippen molar-refractivity contribution in [3.05, 3.63) is 35.9 Å². The van der Waals surface area contributed by atoms with Crippen molar-refractivity contribution < 1.29 is 13.2 Å². The standard InChI is InChI=1S/C16H26N2O3S.ClH/c1-13(2)21-8-9-22(19,20)18-11-15(10-17)16(12-18)14-6-4-3-5-7-14;/h3-7,13,15-16H,8-12,17H2,1-2H3;1H/t15-,16+;/m1./s1. The van der Waals surface area contributed by atoms with Crippen LogP contribution in [0.4, 0.5) is 0 Å². The molecule has 7 heteroatoms. The van der Waals surface area contributed by atoms with Gasteiger partial charge in [-0.25, -0.2) is 12.7 Å². The molecule has 132 valence electrons. The van der Waals surface area contributed by atoms with E-state index in [2.05, 4.69) is 0 Å². The van der Waals surface area contributed by atoms with E-state index < -0.39 is 10.0 Å². The highest BCUT2D eigenvalue weighted by molar-refractivity contribution is 7.89. The Kier molecular flexibility index (Phi) is 7.97. The van der Waals surface area contributed by atoms with Gasteiger partial charge in [0.15, 0.2) is 0 Å². The summed E-state index contributed by atoms with van der Waals surface area (Å²) in [5, 5.41) is 0. The second-order valence-corrected chi connectivity index (χ2v) is 8.15. The molecule has 2 atom stereocenters. The molecular weight excluding hydrogens is 336 g/mol. The summed E-state index contributed by atoms with van der Waals surface area (Å²) in [5.74, 6) is 0.374. The minimum Gasteiger partial charge on any atom is -0.378 e. The molecule has 2 N–H and O–H groups in total. The second-order valence-electron chi connectivity index (χ2n) is 6.07. The zero-order valence-corrected chi connectivity index (χ0v) is 15.4. The average Bonchev–Trinajstić information content (AvgIpc) is 2.92. The Balaban J connectivity index is 0.00000264. The maximum absolute atomic E-state index is 12.5. The number of hydrogen-bond donors (Lipinski definition) is 1. The quantitative estimate of drug-likeness (QED) is 0.803. The lowest BCUT2D eigenvalue weighted by molar-refractivity contribution is 0.0907. The molecule has 1 saturated heterocycles. The van der Waals surface area contributed by atoms with Crippen molar-refractivity contribution in [3.8, 4) is 0 Å². The third-order valence-corrected chi connectivity index (χ3v) is 5.89. The van der Waals surface area contributed by atoms with Crippen molar-refractivity contribution in [3.63, 3.8) is 0 Å². The SMILES string of the molecule is CC(C)OCCS(=O)(=O)N1C[C@@H](CN)[C@H](c2ccccc2)C1.Cl. The summed E-state index contributed by atoms with van der Waals surface area (Å²) in [6.07, 6.45) is 0.0441. The van der Waals surface area contributed by atoms with Gasteiger partial charge in [0.25, 0.3) is 0 Å². The first-order valence-electron chi connectivity index (χ1n) is 7.78. The number of hydrogen-bond acceptors (Lipinski definition) is 4. The molecule has 0 amide bonds. The lowest BCUT2D eigenvalue weighted by Crippen LogP contribution is -2.33. The van der Waals surface area contributed by atoms with Gasteiger partial charge >= 0.3 is 0 Å². The highest BCUT2D eigenvalue weighted by atomic mass is 35.5. The molecule has 1 fully saturated rings. The van der Waals surface area contributed by atoms with Gasteiger partial charge in [-0.2, -0.15) is 0 Å². The lowest BCUT2D eigenvalue weighted by atomic mass is 9.89. The predicted molar refractivity (Wildman–Crippen MR) is 95.4 cm³/mol. The van der Waals surface area contributed by atoms with Gasteiger partial charge in [-0.3, -0.25) is 0 Å². The Morgan fingerprint density at radius 2 is 1.91 bits per heavy atom. The number of rotatable bonds is 7. The summed E-state index contributed by atoms with van der Waals surface area (Å²) in [4.78, 5) is 0. The third-order valence-electron chi connectivity index (χ3n) is 4.12. The summed E-state index contributed by atoms with van der Waals surface area (Å²) < 4.78 is 31.9. The predicted octanol–water partition coefficient (Wildman–Crippen LogP) is 1.84. The van der Waals surface area contributed by atoms with Gasteiger partial charge in [-0.15, -0.1) is 12.4 Å². The monoisotopic (exact) mass is 362 g/mol. The van der Waals surface area contributed by atoms with Crippen LogP contribution in [-0.4, -0.2) is 50.8 Å².